The van der Waals surface area contributed by atoms with Crippen molar-refractivity contribution in [3.63, 3.8) is 0 Å². The monoisotopic (exact) mass is 377 g/mol. The Hall–Kier alpha value is -1.60. The summed E-state index contributed by atoms with van der Waals surface area (Å²) in [5.41, 5.74) is -0.933. The molecule has 1 heterocycles. The molecule has 24 heavy (non-hydrogen) atoms. The second-order valence-corrected chi connectivity index (χ2v) is 6.90. The number of carbonyl (C=O) groups excluding carboxylic acids is 1. The van der Waals surface area contributed by atoms with Crippen LogP contribution in [0, 0.1) is 6.92 Å². The van der Waals surface area contributed by atoms with Crippen LogP contribution in [0.15, 0.2) is 24.4 Å². The van der Waals surface area contributed by atoms with Crippen LogP contribution in [-0.2, 0) is 17.4 Å². The van der Waals surface area contributed by atoms with Gasteiger partial charge in [0, 0.05) is 17.5 Å². The molecule has 0 unspecified atom stereocenters. The van der Waals surface area contributed by atoms with Crippen LogP contribution in [0.5, 0.6) is 5.75 Å². The molecule has 8 heteroatoms. The molecular weight excluding hydrogens is 363 g/mol. The number of ether oxygens (including phenoxy) is 1. The molecular formula is C16H15ClF3NO2S. The number of Topliss-reactive ketones (excluding diaryl/α,β-unsaturated/α-hetero) is 1. The zero-order chi connectivity index (χ0) is 17.7. The Balaban J connectivity index is 1.79. The zero-order valence-electron chi connectivity index (χ0n) is 12.8. The van der Waals surface area contributed by atoms with Crippen molar-refractivity contribution in [3.8, 4) is 5.75 Å². The first-order chi connectivity index (χ1) is 11.3. The van der Waals surface area contributed by atoms with Crippen LogP contribution >= 0.6 is 22.9 Å². The van der Waals surface area contributed by atoms with Gasteiger partial charge in [-0.25, -0.2) is 4.98 Å². The topological polar surface area (TPSA) is 39.2 Å². The number of ketones is 1. The van der Waals surface area contributed by atoms with Crippen LogP contribution in [0.25, 0.3) is 0 Å². The van der Waals surface area contributed by atoms with E-state index in [0.717, 1.165) is 22.0 Å². The molecule has 0 aliphatic carbocycles. The number of hydrogen-bond acceptors (Lipinski definition) is 4. The first-order valence-corrected chi connectivity index (χ1v) is 8.37. The molecule has 1 aromatic carbocycles. The molecule has 0 aliphatic heterocycles. The molecule has 0 fully saturated rings. The third kappa shape index (κ3) is 5.49. The van der Waals surface area contributed by atoms with E-state index in [-0.39, 0.29) is 29.6 Å². The van der Waals surface area contributed by atoms with Gasteiger partial charge in [-0.2, -0.15) is 13.2 Å². The van der Waals surface area contributed by atoms with Gasteiger partial charge in [0.1, 0.15) is 16.5 Å². The number of aromatic nitrogens is 1. The Morgan fingerprint density at radius 2 is 2.12 bits per heavy atom. The molecule has 0 amide bonds. The van der Waals surface area contributed by atoms with Crippen molar-refractivity contribution in [3.05, 3.63) is 44.9 Å². The summed E-state index contributed by atoms with van der Waals surface area (Å²) in [6, 6.07) is 3.38. The fraction of sp³-hybridized carbons (Fsp3) is 0.375. The van der Waals surface area contributed by atoms with Gasteiger partial charge in [0.05, 0.1) is 23.6 Å². The predicted octanol–water partition coefficient (Wildman–Crippen LogP) is 5.09. The third-order valence-corrected chi connectivity index (χ3v) is 4.37. The molecule has 0 saturated carbocycles. The van der Waals surface area contributed by atoms with E-state index >= 15 is 0 Å². The van der Waals surface area contributed by atoms with Crippen LogP contribution in [-0.4, -0.2) is 17.4 Å². The average Bonchev–Trinajstić information content (AvgIpc) is 2.89. The number of benzene rings is 1. The maximum Gasteiger partial charge on any atom is 0.417 e. The minimum atomic E-state index is -4.53. The van der Waals surface area contributed by atoms with E-state index in [1.54, 1.807) is 6.20 Å². The number of aryl methyl sites for hydroxylation is 1. The average molecular weight is 378 g/mol. The van der Waals surface area contributed by atoms with Crippen LogP contribution in [0.1, 0.15) is 28.3 Å². The summed E-state index contributed by atoms with van der Waals surface area (Å²) in [4.78, 5) is 17.0. The summed E-state index contributed by atoms with van der Waals surface area (Å²) >= 11 is 7.01. The number of rotatable bonds is 7. The first-order valence-electron chi connectivity index (χ1n) is 7.18. The van der Waals surface area contributed by atoms with Gasteiger partial charge in [0.15, 0.2) is 0 Å². The highest BCUT2D eigenvalue weighted by Gasteiger charge is 2.33. The van der Waals surface area contributed by atoms with Crippen molar-refractivity contribution >= 4 is 28.7 Å². The maximum absolute atomic E-state index is 12.7. The van der Waals surface area contributed by atoms with E-state index in [1.165, 1.54) is 17.4 Å². The second kappa shape index (κ2) is 7.98. The highest BCUT2D eigenvalue weighted by molar-refractivity contribution is 7.11. The smallest absolute Gasteiger partial charge is 0.417 e. The van der Waals surface area contributed by atoms with E-state index in [2.05, 4.69) is 4.98 Å². The fourth-order valence-corrected chi connectivity index (χ4v) is 3.05. The Bertz CT molecular complexity index is 716. The van der Waals surface area contributed by atoms with Crippen molar-refractivity contribution in [2.45, 2.75) is 32.4 Å². The standard InChI is InChI=1S/C16H15ClF3NO2S/c1-10-9-21-15(24-10)7-11(22)3-2-6-23-12-4-5-14(17)13(8-12)16(18,19)20/h4-5,8-9H,2-3,6-7H2,1H3. The molecule has 0 radical (unpaired) electrons. The molecule has 2 rings (SSSR count). The van der Waals surface area contributed by atoms with Gasteiger partial charge in [0.25, 0.3) is 0 Å². The summed E-state index contributed by atoms with van der Waals surface area (Å²) in [5.74, 6) is 0.106. The quantitative estimate of drug-likeness (QED) is 0.630. The summed E-state index contributed by atoms with van der Waals surface area (Å²) in [7, 11) is 0. The molecule has 0 N–H and O–H groups in total. The number of nitrogens with zero attached hydrogens (tertiary/aromatic N) is 1. The lowest BCUT2D eigenvalue weighted by Crippen LogP contribution is -2.08. The number of carbonyl (C=O) groups is 1. The molecule has 0 bridgehead atoms. The molecule has 0 spiro atoms. The van der Waals surface area contributed by atoms with E-state index < -0.39 is 11.7 Å². The molecule has 130 valence electrons. The normalized spacial score (nSPS) is 11.5. The van der Waals surface area contributed by atoms with Gasteiger partial charge in [-0.15, -0.1) is 11.3 Å². The first kappa shape index (κ1) is 18.7. The van der Waals surface area contributed by atoms with Crippen LogP contribution in [0.2, 0.25) is 5.02 Å². The van der Waals surface area contributed by atoms with E-state index in [4.69, 9.17) is 16.3 Å². The zero-order valence-corrected chi connectivity index (χ0v) is 14.4. The molecule has 3 nitrogen and oxygen atoms in total. The minimum absolute atomic E-state index is 0.0278. The molecule has 0 saturated heterocycles. The van der Waals surface area contributed by atoms with Gasteiger partial charge in [0.2, 0.25) is 0 Å². The van der Waals surface area contributed by atoms with Crippen LogP contribution in [0.3, 0.4) is 0 Å². The van der Waals surface area contributed by atoms with Crippen molar-refractivity contribution in [2.75, 3.05) is 6.61 Å². The van der Waals surface area contributed by atoms with Gasteiger partial charge in [-0.05, 0) is 31.5 Å². The summed E-state index contributed by atoms with van der Waals surface area (Å²) in [6.07, 6.45) is -1.82. The van der Waals surface area contributed by atoms with Gasteiger partial charge in [-0.1, -0.05) is 11.6 Å². The Labute approximate surface area is 146 Å². The number of alkyl halides is 3. The van der Waals surface area contributed by atoms with E-state index in [9.17, 15) is 18.0 Å². The molecule has 2 aromatic rings. The predicted molar refractivity (Wildman–Crippen MR) is 86.7 cm³/mol. The van der Waals surface area contributed by atoms with Gasteiger partial charge < -0.3 is 4.74 Å². The fourth-order valence-electron chi connectivity index (χ4n) is 2.01. The van der Waals surface area contributed by atoms with Gasteiger partial charge in [-0.3, -0.25) is 4.79 Å². The number of hydrogen-bond donors (Lipinski definition) is 0. The van der Waals surface area contributed by atoms with Crippen molar-refractivity contribution < 1.29 is 22.7 Å². The number of halogens is 4. The van der Waals surface area contributed by atoms with Crippen LogP contribution < -0.4 is 4.74 Å². The summed E-state index contributed by atoms with van der Waals surface area (Å²) in [5, 5.41) is 0.398. The largest absolute Gasteiger partial charge is 0.494 e. The van der Waals surface area contributed by atoms with Crippen molar-refractivity contribution in [2.24, 2.45) is 0 Å². The lowest BCUT2D eigenvalue weighted by atomic mass is 10.2. The molecule has 1 aromatic heterocycles. The summed E-state index contributed by atoms with van der Waals surface area (Å²) < 4.78 is 43.5. The van der Waals surface area contributed by atoms with Crippen molar-refractivity contribution in [1.29, 1.82) is 0 Å². The highest BCUT2D eigenvalue weighted by atomic mass is 35.5. The summed E-state index contributed by atoms with van der Waals surface area (Å²) in [6.45, 7) is 2.07. The second-order valence-electron chi connectivity index (χ2n) is 5.17. The lowest BCUT2D eigenvalue weighted by molar-refractivity contribution is -0.137. The van der Waals surface area contributed by atoms with Gasteiger partial charge >= 0.3 is 6.18 Å². The lowest BCUT2D eigenvalue weighted by Gasteiger charge is -2.11. The Morgan fingerprint density at radius 1 is 1.38 bits per heavy atom. The van der Waals surface area contributed by atoms with Crippen molar-refractivity contribution in [1.82, 2.24) is 4.98 Å². The highest BCUT2D eigenvalue weighted by Crippen LogP contribution is 2.36. The minimum Gasteiger partial charge on any atom is -0.494 e. The molecule has 0 aliphatic rings. The van der Waals surface area contributed by atoms with Crippen LogP contribution in [0.4, 0.5) is 13.2 Å². The Kier molecular flexibility index (Phi) is 6.23. The SMILES string of the molecule is Cc1cnc(CC(=O)CCCOc2ccc(Cl)c(C(F)(F)F)c2)s1. The van der Waals surface area contributed by atoms with E-state index in [0.29, 0.717) is 12.8 Å². The molecule has 0 atom stereocenters. The van der Waals surface area contributed by atoms with E-state index in [1.807, 2.05) is 6.92 Å². The third-order valence-electron chi connectivity index (χ3n) is 3.13. The maximum atomic E-state index is 12.7. The number of thiazole rings is 1. The Morgan fingerprint density at radius 3 is 2.75 bits per heavy atom.